The van der Waals surface area contributed by atoms with Crippen molar-refractivity contribution in [3.63, 3.8) is 0 Å². The van der Waals surface area contributed by atoms with Gasteiger partial charge < -0.3 is 9.73 Å². The molecule has 2 heterocycles. The first-order valence-electron chi connectivity index (χ1n) is 11.4. The van der Waals surface area contributed by atoms with E-state index in [1.165, 1.54) is 16.3 Å². The Morgan fingerprint density at radius 3 is 2.53 bits per heavy atom. The number of aryl methyl sites for hydroxylation is 2. The summed E-state index contributed by atoms with van der Waals surface area (Å²) in [5.74, 6) is 0.484. The van der Waals surface area contributed by atoms with Crippen molar-refractivity contribution in [3.05, 3.63) is 65.4 Å². The van der Waals surface area contributed by atoms with Crippen LogP contribution in [-0.2, 0) is 34.2 Å². The predicted molar refractivity (Wildman–Crippen MR) is 123 cm³/mol. The number of piperidine rings is 1. The molecule has 1 aliphatic carbocycles. The van der Waals surface area contributed by atoms with Gasteiger partial charge in [0, 0.05) is 24.4 Å². The maximum Gasteiger partial charge on any atom is 0.243 e. The van der Waals surface area contributed by atoms with Crippen LogP contribution >= 0.6 is 0 Å². The number of nitrogens with zero attached hydrogens (tertiary/aromatic N) is 1. The van der Waals surface area contributed by atoms with Gasteiger partial charge in [-0.15, -0.1) is 0 Å². The van der Waals surface area contributed by atoms with Gasteiger partial charge in [-0.05, 0) is 73.9 Å². The monoisotopic (exact) mass is 452 g/mol. The molecule has 2 aliphatic rings. The van der Waals surface area contributed by atoms with Crippen LogP contribution in [0.3, 0.4) is 0 Å². The number of furan rings is 1. The third-order valence-electron chi connectivity index (χ3n) is 6.70. The zero-order valence-corrected chi connectivity index (χ0v) is 18.9. The largest absolute Gasteiger partial charge is 0.459 e. The Labute approximate surface area is 188 Å². The minimum atomic E-state index is -3.53. The molecule has 3 aromatic rings. The van der Waals surface area contributed by atoms with Gasteiger partial charge in [0.2, 0.25) is 15.9 Å². The van der Waals surface area contributed by atoms with Crippen LogP contribution in [-0.4, -0.2) is 31.7 Å². The molecule has 5 rings (SSSR count). The van der Waals surface area contributed by atoms with Crippen molar-refractivity contribution in [2.75, 3.05) is 13.1 Å². The summed E-state index contributed by atoms with van der Waals surface area (Å²) in [6.45, 7) is 1.06. The summed E-state index contributed by atoms with van der Waals surface area (Å²) < 4.78 is 33.6. The second-order valence-electron chi connectivity index (χ2n) is 8.78. The summed E-state index contributed by atoms with van der Waals surface area (Å²) in [6.07, 6.45) is 5.32. The fraction of sp³-hybridized carbons (Fsp3) is 0.400. The molecule has 0 bridgehead atoms. The molecule has 168 valence electrons. The first kappa shape index (κ1) is 21.2. The summed E-state index contributed by atoms with van der Waals surface area (Å²) >= 11 is 0. The van der Waals surface area contributed by atoms with E-state index >= 15 is 0 Å². The highest BCUT2D eigenvalue weighted by atomic mass is 32.2. The van der Waals surface area contributed by atoms with Crippen LogP contribution in [0, 0.1) is 5.92 Å². The van der Waals surface area contributed by atoms with E-state index in [2.05, 4.69) is 5.32 Å². The number of nitrogens with one attached hydrogen (secondary N) is 1. The predicted octanol–water partition coefficient (Wildman–Crippen LogP) is 4.03. The lowest BCUT2D eigenvalue weighted by Crippen LogP contribution is -2.42. The van der Waals surface area contributed by atoms with Gasteiger partial charge in [-0.1, -0.05) is 24.3 Å². The number of para-hydroxylation sites is 1. The number of benzene rings is 2. The van der Waals surface area contributed by atoms with E-state index in [0.717, 1.165) is 35.8 Å². The Balaban J connectivity index is 1.18. The number of carbonyl (C=O) groups excluding carboxylic acids is 1. The van der Waals surface area contributed by atoms with Gasteiger partial charge in [-0.2, -0.15) is 4.31 Å². The molecule has 2 aromatic carbocycles. The molecule has 1 saturated heterocycles. The summed E-state index contributed by atoms with van der Waals surface area (Å²) in [5, 5.41) is 3.96. The highest BCUT2D eigenvalue weighted by Crippen LogP contribution is 2.28. The van der Waals surface area contributed by atoms with Crippen molar-refractivity contribution < 1.29 is 17.6 Å². The Bertz CT molecular complexity index is 1210. The molecule has 0 saturated carbocycles. The molecule has 0 radical (unpaired) electrons. The van der Waals surface area contributed by atoms with Crippen molar-refractivity contribution >= 4 is 26.9 Å². The molecule has 6 nitrogen and oxygen atoms in total. The van der Waals surface area contributed by atoms with Gasteiger partial charge in [0.1, 0.15) is 11.3 Å². The maximum absolute atomic E-state index is 13.2. The van der Waals surface area contributed by atoms with E-state index in [0.29, 0.717) is 43.1 Å². The van der Waals surface area contributed by atoms with E-state index < -0.39 is 10.0 Å². The highest BCUT2D eigenvalue weighted by Gasteiger charge is 2.32. The summed E-state index contributed by atoms with van der Waals surface area (Å²) in [4.78, 5) is 13.0. The maximum atomic E-state index is 13.2. The van der Waals surface area contributed by atoms with Gasteiger partial charge in [-0.3, -0.25) is 4.79 Å². The third-order valence-corrected chi connectivity index (χ3v) is 8.59. The number of carbonyl (C=O) groups is 1. The molecule has 1 N–H and O–H groups in total. The number of amides is 1. The lowest BCUT2D eigenvalue weighted by Gasteiger charge is -2.30. The molecule has 7 heteroatoms. The second kappa shape index (κ2) is 8.71. The molecule has 1 aromatic heterocycles. The normalized spacial score (nSPS) is 17.9. The first-order valence-corrected chi connectivity index (χ1v) is 12.8. The van der Waals surface area contributed by atoms with Crippen LogP contribution in [0.2, 0.25) is 0 Å². The van der Waals surface area contributed by atoms with Gasteiger partial charge in [0.25, 0.3) is 0 Å². The van der Waals surface area contributed by atoms with Crippen molar-refractivity contribution in [2.24, 2.45) is 5.92 Å². The Hall–Kier alpha value is -2.64. The first-order chi connectivity index (χ1) is 15.5. The molecule has 1 fully saturated rings. The Kier molecular flexibility index (Phi) is 5.78. The minimum Gasteiger partial charge on any atom is -0.459 e. The molecule has 1 amide bonds. The van der Waals surface area contributed by atoms with Crippen LogP contribution in [0.5, 0.6) is 0 Å². The highest BCUT2D eigenvalue weighted by molar-refractivity contribution is 7.89. The molecule has 32 heavy (non-hydrogen) atoms. The minimum absolute atomic E-state index is 0.0451. The number of rotatable bonds is 5. The van der Waals surface area contributed by atoms with Gasteiger partial charge >= 0.3 is 0 Å². The summed E-state index contributed by atoms with van der Waals surface area (Å²) in [6, 6.07) is 15.2. The summed E-state index contributed by atoms with van der Waals surface area (Å²) in [7, 11) is -3.53. The van der Waals surface area contributed by atoms with Gasteiger partial charge in [0.05, 0.1) is 11.4 Å². The van der Waals surface area contributed by atoms with Crippen LogP contribution in [0.25, 0.3) is 11.0 Å². The van der Waals surface area contributed by atoms with Gasteiger partial charge in [0.15, 0.2) is 0 Å². The topological polar surface area (TPSA) is 79.6 Å². The van der Waals surface area contributed by atoms with Crippen molar-refractivity contribution in [2.45, 2.75) is 50.0 Å². The Morgan fingerprint density at radius 1 is 1.00 bits per heavy atom. The van der Waals surface area contributed by atoms with E-state index in [1.54, 1.807) is 6.07 Å². The molecular weight excluding hydrogens is 424 g/mol. The smallest absolute Gasteiger partial charge is 0.243 e. The zero-order chi connectivity index (χ0) is 22.1. The zero-order valence-electron chi connectivity index (χ0n) is 18.0. The average molecular weight is 453 g/mol. The quantitative estimate of drug-likeness (QED) is 0.634. The van der Waals surface area contributed by atoms with Crippen LogP contribution in [0.1, 0.15) is 42.6 Å². The lowest BCUT2D eigenvalue weighted by molar-refractivity contribution is -0.126. The fourth-order valence-corrected chi connectivity index (χ4v) is 6.34. The second-order valence-corrected chi connectivity index (χ2v) is 10.7. The number of fused-ring (bicyclic) bond motifs is 2. The SMILES string of the molecule is O=C(NCc1cc2ccccc2o1)C1CCN(S(=O)(=O)c2ccc3c(c2)CCCC3)CC1. The molecular formula is C25H28N2O4S. The lowest BCUT2D eigenvalue weighted by atomic mass is 9.92. The fourth-order valence-electron chi connectivity index (χ4n) is 4.82. The number of hydrogen-bond acceptors (Lipinski definition) is 4. The standard InChI is InChI=1S/C25H28N2O4S/c28-25(26-17-22-15-21-7-3-4-8-24(21)31-22)19-11-13-27(14-12-19)32(29,30)23-10-9-18-5-1-2-6-20(18)16-23/h3-4,7-10,15-16,19H,1-2,5-6,11-14,17H2,(H,26,28). The number of hydrogen-bond donors (Lipinski definition) is 1. The third kappa shape index (κ3) is 4.19. The molecule has 0 spiro atoms. The summed E-state index contributed by atoms with van der Waals surface area (Å²) in [5.41, 5.74) is 3.24. The molecule has 0 unspecified atom stereocenters. The van der Waals surface area contributed by atoms with Crippen molar-refractivity contribution in [1.82, 2.24) is 9.62 Å². The van der Waals surface area contributed by atoms with Crippen LogP contribution in [0.4, 0.5) is 0 Å². The van der Waals surface area contributed by atoms with Crippen LogP contribution < -0.4 is 5.32 Å². The van der Waals surface area contributed by atoms with Crippen molar-refractivity contribution in [1.29, 1.82) is 0 Å². The van der Waals surface area contributed by atoms with E-state index in [4.69, 9.17) is 4.42 Å². The van der Waals surface area contributed by atoms with Gasteiger partial charge in [-0.25, -0.2) is 8.42 Å². The average Bonchev–Trinajstić information content (AvgIpc) is 3.25. The Morgan fingerprint density at radius 2 is 1.75 bits per heavy atom. The van der Waals surface area contributed by atoms with Crippen LogP contribution in [0.15, 0.2) is 57.8 Å². The van der Waals surface area contributed by atoms with E-state index in [9.17, 15) is 13.2 Å². The van der Waals surface area contributed by atoms with E-state index in [-0.39, 0.29) is 11.8 Å². The molecule has 1 aliphatic heterocycles. The van der Waals surface area contributed by atoms with Crippen molar-refractivity contribution in [3.8, 4) is 0 Å². The van der Waals surface area contributed by atoms with E-state index in [1.807, 2.05) is 42.5 Å². The number of sulfonamides is 1. The molecule has 0 atom stereocenters.